The second-order valence-corrected chi connectivity index (χ2v) is 6.44. The Kier molecular flexibility index (Phi) is 5.18. The summed E-state index contributed by atoms with van der Waals surface area (Å²) in [4.78, 5) is 9.09. The molecule has 1 N–H and O–H groups in total. The molecule has 5 heteroatoms. The lowest BCUT2D eigenvalue weighted by Crippen LogP contribution is -2.50. The molecular formula is C15H28N4O. The summed E-state index contributed by atoms with van der Waals surface area (Å²) in [5, 5.41) is 9.87. The van der Waals surface area contributed by atoms with Crippen molar-refractivity contribution in [2.45, 2.75) is 45.9 Å². The van der Waals surface area contributed by atoms with Crippen LogP contribution in [-0.4, -0.2) is 62.8 Å². The number of rotatable bonds is 6. The van der Waals surface area contributed by atoms with Gasteiger partial charge in [-0.25, -0.2) is 4.98 Å². The highest BCUT2D eigenvalue weighted by Crippen LogP contribution is 2.11. The maximum atomic E-state index is 9.87. The summed E-state index contributed by atoms with van der Waals surface area (Å²) in [5.74, 6) is 0. The maximum absolute atomic E-state index is 9.87. The molecule has 2 rings (SSSR count). The molecule has 1 aliphatic heterocycles. The Morgan fingerprint density at radius 2 is 1.85 bits per heavy atom. The fourth-order valence-electron chi connectivity index (χ4n) is 2.80. The molecule has 1 fully saturated rings. The minimum Gasteiger partial charge on any atom is -0.389 e. The average Bonchev–Trinajstić information content (AvgIpc) is 2.78. The molecule has 0 spiro atoms. The third-order valence-corrected chi connectivity index (χ3v) is 3.72. The summed E-state index contributed by atoms with van der Waals surface area (Å²) in [6.45, 7) is 12.9. The Morgan fingerprint density at radius 1 is 1.20 bits per heavy atom. The molecule has 0 aliphatic carbocycles. The monoisotopic (exact) mass is 280 g/mol. The van der Waals surface area contributed by atoms with Gasteiger partial charge in [0.25, 0.3) is 0 Å². The van der Waals surface area contributed by atoms with Gasteiger partial charge < -0.3 is 9.67 Å². The Hall–Kier alpha value is -0.910. The van der Waals surface area contributed by atoms with E-state index < -0.39 is 5.60 Å². The first-order valence-electron chi connectivity index (χ1n) is 7.64. The van der Waals surface area contributed by atoms with Crippen LogP contribution in [-0.2, 0) is 13.1 Å². The van der Waals surface area contributed by atoms with Gasteiger partial charge in [0.15, 0.2) is 0 Å². The van der Waals surface area contributed by atoms with Crippen LogP contribution in [0.25, 0.3) is 0 Å². The van der Waals surface area contributed by atoms with Crippen molar-refractivity contribution in [3.63, 3.8) is 0 Å². The number of hydrogen-bond donors (Lipinski definition) is 1. The lowest BCUT2D eigenvalue weighted by molar-refractivity contribution is 0.0164. The molecule has 1 aromatic heterocycles. The number of hydrogen-bond acceptors (Lipinski definition) is 4. The molecule has 0 atom stereocenters. The van der Waals surface area contributed by atoms with E-state index in [1.54, 1.807) is 0 Å². The van der Waals surface area contributed by atoms with Gasteiger partial charge in [-0.15, -0.1) is 0 Å². The van der Waals surface area contributed by atoms with E-state index in [4.69, 9.17) is 0 Å². The third kappa shape index (κ3) is 4.58. The average molecular weight is 280 g/mol. The molecule has 0 saturated carbocycles. The minimum absolute atomic E-state index is 0.595. The zero-order valence-electron chi connectivity index (χ0n) is 13.0. The number of aryl methyl sites for hydroxylation is 1. The van der Waals surface area contributed by atoms with Gasteiger partial charge >= 0.3 is 0 Å². The fourth-order valence-corrected chi connectivity index (χ4v) is 2.80. The first-order chi connectivity index (χ1) is 9.48. The highest BCUT2D eigenvalue weighted by atomic mass is 16.3. The normalized spacial score (nSPS) is 18.6. The van der Waals surface area contributed by atoms with Crippen molar-refractivity contribution in [3.05, 3.63) is 18.2 Å². The maximum Gasteiger partial charge on any atom is 0.0948 e. The van der Waals surface area contributed by atoms with Crippen LogP contribution in [0.2, 0.25) is 0 Å². The van der Waals surface area contributed by atoms with E-state index in [1.807, 2.05) is 26.4 Å². The largest absolute Gasteiger partial charge is 0.389 e. The molecule has 0 aromatic carbocycles. The number of aliphatic hydroxyl groups is 1. The molecule has 0 unspecified atom stereocenters. The van der Waals surface area contributed by atoms with Crippen LogP contribution in [0.4, 0.5) is 0 Å². The highest BCUT2D eigenvalue weighted by Gasteiger charge is 2.23. The lowest BCUT2D eigenvalue weighted by Gasteiger charge is -2.37. The van der Waals surface area contributed by atoms with Crippen molar-refractivity contribution in [3.8, 4) is 0 Å². The van der Waals surface area contributed by atoms with Crippen LogP contribution >= 0.6 is 0 Å². The molecule has 0 bridgehead atoms. The summed E-state index contributed by atoms with van der Waals surface area (Å²) < 4.78 is 2.25. The van der Waals surface area contributed by atoms with E-state index in [0.717, 1.165) is 52.2 Å². The molecule has 1 saturated heterocycles. The van der Waals surface area contributed by atoms with Crippen LogP contribution in [0.1, 0.15) is 32.9 Å². The van der Waals surface area contributed by atoms with Crippen LogP contribution in [0.15, 0.2) is 12.5 Å². The minimum atomic E-state index is -0.595. The van der Waals surface area contributed by atoms with Crippen molar-refractivity contribution in [1.29, 1.82) is 0 Å². The molecule has 0 radical (unpaired) electrons. The van der Waals surface area contributed by atoms with Gasteiger partial charge in [0, 0.05) is 52.0 Å². The van der Waals surface area contributed by atoms with Gasteiger partial charge in [0.2, 0.25) is 0 Å². The smallest absolute Gasteiger partial charge is 0.0948 e. The third-order valence-electron chi connectivity index (χ3n) is 3.72. The van der Waals surface area contributed by atoms with E-state index in [0.29, 0.717) is 0 Å². The van der Waals surface area contributed by atoms with Gasteiger partial charge in [-0.05, 0) is 20.3 Å². The van der Waals surface area contributed by atoms with E-state index in [1.165, 1.54) is 5.69 Å². The second kappa shape index (κ2) is 6.70. The van der Waals surface area contributed by atoms with Crippen molar-refractivity contribution in [1.82, 2.24) is 19.4 Å². The molecule has 1 aromatic rings. The Morgan fingerprint density at radius 3 is 2.45 bits per heavy atom. The van der Waals surface area contributed by atoms with Gasteiger partial charge in [0.1, 0.15) is 0 Å². The predicted octanol–water partition coefficient (Wildman–Crippen LogP) is 1.18. The molecule has 114 valence electrons. The van der Waals surface area contributed by atoms with E-state index in [-0.39, 0.29) is 0 Å². The fraction of sp³-hybridized carbons (Fsp3) is 0.800. The van der Waals surface area contributed by atoms with E-state index in [2.05, 4.69) is 26.3 Å². The zero-order valence-corrected chi connectivity index (χ0v) is 13.0. The molecular weight excluding hydrogens is 252 g/mol. The first kappa shape index (κ1) is 15.5. The lowest BCUT2D eigenvalue weighted by atomic mass is 10.1. The number of β-amino-alcohol motifs (C(OH)–C–C–N with tert-alkyl or cyclic N) is 1. The quantitative estimate of drug-likeness (QED) is 0.850. The number of aromatic nitrogens is 2. The number of nitrogens with zero attached hydrogens (tertiary/aromatic N) is 4. The van der Waals surface area contributed by atoms with Crippen LogP contribution in [0.5, 0.6) is 0 Å². The van der Waals surface area contributed by atoms with E-state index >= 15 is 0 Å². The molecule has 0 amide bonds. The van der Waals surface area contributed by atoms with E-state index in [9.17, 15) is 5.11 Å². The predicted molar refractivity (Wildman–Crippen MR) is 80.5 cm³/mol. The summed E-state index contributed by atoms with van der Waals surface area (Å²) in [6.07, 6.45) is 5.06. The SMILES string of the molecule is CCCn1cncc1CN1CCN(CC(C)(C)O)CC1. The Balaban J connectivity index is 1.81. The molecule has 1 aliphatic rings. The topological polar surface area (TPSA) is 44.5 Å². The molecule has 2 heterocycles. The van der Waals surface area contributed by atoms with Crippen molar-refractivity contribution in [2.24, 2.45) is 0 Å². The standard InChI is InChI=1S/C15H28N4O/c1-4-5-19-13-16-10-14(19)11-17-6-8-18(9-7-17)12-15(2,3)20/h10,13,20H,4-9,11-12H2,1-3H3. The van der Waals surface area contributed by atoms with Crippen LogP contribution < -0.4 is 0 Å². The van der Waals surface area contributed by atoms with Crippen molar-refractivity contribution in [2.75, 3.05) is 32.7 Å². The van der Waals surface area contributed by atoms with Gasteiger partial charge in [-0.1, -0.05) is 6.92 Å². The number of piperazine rings is 1. The summed E-state index contributed by atoms with van der Waals surface area (Å²) in [6, 6.07) is 0. The van der Waals surface area contributed by atoms with Gasteiger partial charge in [-0.2, -0.15) is 0 Å². The summed E-state index contributed by atoms with van der Waals surface area (Å²) in [5.41, 5.74) is 0.713. The first-order valence-corrected chi connectivity index (χ1v) is 7.64. The van der Waals surface area contributed by atoms with Gasteiger partial charge in [-0.3, -0.25) is 9.80 Å². The number of imidazole rings is 1. The van der Waals surface area contributed by atoms with Crippen molar-refractivity contribution < 1.29 is 5.11 Å². The highest BCUT2D eigenvalue weighted by molar-refractivity contribution is 4.98. The second-order valence-electron chi connectivity index (χ2n) is 6.44. The zero-order chi connectivity index (χ0) is 14.6. The summed E-state index contributed by atoms with van der Waals surface area (Å²) >= 11 is 0. The van der Waals surface area contributed by atoms with Crippen LogP contribution in [0, 0.1) is 0 Å². The van der Waals surface area contributed by atoms with Crippen molar-refractivity contribution >= 4 is 0 Å². The van der Waals surface area contributed by atoms with Gasteiger partial charge in [0.05, 0.1) is 17.6 Å². The Labute approximate surface area is 122 Å². The van der Waals surface area contributed by atoms with Crippen LogP contribution in [0.3, 0.4) is 0 Å². The Bertz CT molecular complexity index is 402. The molecule has 5 nitrogen and oxygen atoms in total. The molecule has 20 heavy (non-hydrogen) atoms. The summed E-state index contributed by atoms with van der Waals surface area (Å²) in [7, 11) is 0.